The number of methoxy groups -OCH3 is 1. The summed E-state index contributed by atoms with van der Waals surface area (Å²) in [6, 6.07) is 10.2. The zero-order valence-electron chi connectivity index (χ0n) is 52.4. The number of hydrogen-bond acceptors (Lipinski definition) is 15. The molecular formula is C64H90BN8O14. The van der Waals surface area contributed by atoms with E-state index in [2.05, 4.69) is 59.6 Å². The Balaban J connectivity index is 0.926. The molecule has 2 aromatic rings. The first-order valence-corrected chi connectivity index (χ1v) is 30.5. The van der Waals surface area contributed by atoms with Crippen molar-refractivity contribution in [2.24, 2.45) is 22.7 Å². The van der Waals surface area contributed by atoms with Gasteiger partial charge in [-0.2, -0.15) is 0 Å². The summed E-state index contributed by atoms with van der Waals surface area (Å²) in [4.78, 5) is 122. The number of nitrogens with one attached hydrogen (secondary N) is 6. The average Bonchev–Trinajstić information content (AvgIpc) is 1.71. The maximum absolute atomic E-state index is 14.5. The van der Waals surface area contributed by atoms with E-state index in [0.29, 0.717) is 29.9 Å². The van der Waals surface area contributed by atoms with Crippen LogP contribution in [0.15, 0.2) is 65.9 Å². The molecule has 0 bridgehead atoms. The molecule has 1 radical (unpaired) electrons. The number of amides is 8. The normalized spacial score (nSPS) is 19.8. The zero-order valence-corrected chi connectivity index (χ0v) is 52.4. The summed E-state index contributed by atoms with van der Waals surface area (Å²) < 4.78 is 17.1. The number of carbonyl (C=O) groups is 9. The fourth-order valence-electron chi connectivity index (χ4n) is 10.8. The van der Waals surface area contributed by atoms with E-state index in [-0.39, 0.29) is 98.8 Å². The van der Waals surface area contributed by atoms with Crippen LogP contribution in [0.25, 0.3) is 0 Å². The molecule has 1 aliphatic carbocycles. The molecule has 0 aromatic heterocycles. The summed E-state index contributed by atoms with van der Waals surface area (Å²) in [6.07, 6.45) is 7.44. The van der Waals surface area contributed by atoms with Gasteiger partial charge >= 0.3 is 325 Å². The van der Waals surface area contributed by atoms with Crippen LogP contribution >= 0.6 is 0 Å². The van der Waals surface area contributed by atoms with Gasteiger partial charge in [0.05, 0.1) is 0 Å². The van der Waals surface area contributed by atoms with E-state index in [1.165, 1.54) is 6.92 Å². The third-order valence-electron chi connectivity index (χ3n) is 16.2. The second kappa shape index (κ2) is 30.9. The number of aliphatic hydroxyl groups is 1. The number of hydroxylamine groups is 2. The summed E-state index contributed by atoms with van der Waals surface area (Å²) in [5.74, 6) is -3.44. The monoisotopic (exact) mass is 1210 g/mol. The van der Waals surface area contributed by atoms with Gasteiger partial charge in [0, 0.05) is 38.8 Å². The fraction of sp³-hybridized carbons (Fsp3) is 0.594. The molecule has 4 aliphatic rings. The van der Waals surface area contributed by atoms with Gasteiger partial charge < -0.3 is 30.8 Å². The molecule has 1 saturated carbocycles. The number of aryl methyl sites for hydroxylation is 1. The maximum atomic E-state index is 14.5. The molecule has 3 aliphatic heterocycles. The van der Waals surface area contributed by atoms with E-state index in [0.717, 1.165) is 65.7 Å². The number of allylic oxidation sites excluding steroid dienone is 2. The van der Waals surface area contributed by atoms with Gasteiger partial charge in [-0.3, -0.25) is 24.0 Å². The molecular weight excluding hydrogens is 1120 g/mol. The van der Waals surface area contributed by atoms with E-state index >= 15 is 0 Å². The van der Waals surface area contributed by atoms with Crippen molar-refractivity contribution >= 4 is 66.5 Å². The minimum absolute atomic E-state index is 0.00151. The van der Waals surface area contributed by atoms with Crippen LogP contribution in [-0.2, 0) is 72.1 Å². The standard InChI is InChI=1S/C64H90BN8O14/c1-12-42-33-41(25-28-47(42)84-11)34-46-58(80)71-60(64(9,10)61(82)69-45(35-63(6,7)8)54(78)43-18-15-19-43)72(46)48(65)20-14-13-17-38(4)55-56(86-55)44-26-23-40(24-27-44)36-85-62(83)67-32-31-66-57(79)39(5)68-59(81)53(37(2)3)70-49(74)21-16-22-52(77)87-73-50(75)29-30-51(73)76/h14,20,23-28,33,37-39,45-46,53,55-56,60,78H,12-13,15-19,21-22,29-32,34-36H2,1-11H3,(H,66,79)(H,67,83)(H,68,81)(H,69,82)(H,70,74)(H,71,80)/b20-14+/t38?,39-,45?,46+,53?,55?,56?,60-/m0/s1. The molecule has 4 fully saturated rings. The van der Waals surface area contributed by atoms with Gasteiger partial charge in [0.25, 0.3) is 11.8 Å². The number of benzene rings is 2. The molecule has 3 saturated heterocycles. The second-order valence-electron chi connectivity index (χ2n) is 25.2. The van der Waals surface area contributed by atoms with Crippen molar-refractivity contribution < 1.29 is 67.3 Å². The van der Waals surface area contributed by atoms with Crippen LogP contribution in [0.5, 0.6) is 5.75 Å². The van der Waals surface area contributed by atoms with Crippen molar-refractivity contribution in [1.29, 1.82) is 0 Å². The van der Waals surface area contributed by atoms with E-state index in [1.54, 1.807) is 34.8 Å². The summed E-state index contributed by atoms with van der Waals surface area (Å²) in [5, 5.41) is 28.5. The molecule has 3 heterocycles. The van der Waals surface area contributed by atoms with Gasteiger partial charge in [0.2, 0.25) is 17.7 Å². The van der Waals surface area contributed by atoms with Gasteiger partial charge in [-0.1, -0.05) is 13.8 Å². The third-order valence-corrected chi connectivity index (χ3v) is 16.2. The van der Waals surface area contributed by atoms with Crippen molar-refractivity contribution in [3.63, 3.8) is 0 Å². The summed E-state index contributed by atoms with van der Waals surface area (Å²) >= 11 is 0. The van der Waals surface area contributed by atoms with Gasteiger partial charge in [0.1, 0.15) is 18.7 Å². The number of carbonyl (C=O) groups excluding carboxylic acids is 9. The van der Waals surface area contributed by atoms with Crippen LogP contribution in [0.4, 0.5) is 4.79 Å². The van der Waals surface area contributed by atoms with Gasteiger partial charge in [0.15, 0.2) is 0 Å². The number of imide groups is 1. The predicted molar refractivity (Wildman–Crippen MR) is 326 cm³/mol. The molecule has 473 valence electrons. The molecule has 22 nitrogen and oxygen atoms in total. The Bertz CT molecular complexity index is 2900. The Hall–Kier alpha value is -7.56. The number of nitrogens with zero attached hydrogens (tertiary/aromatic N) is 2. The molecule has 8 atom stereocenters. The number of alkyl carbamates (subject to hydrolysis) is 1. The van der Waals surface area contributed by atoms with Crippen LogP contribution in [0.1, 0.15) is 168 Å². The first-order valence-electron chi connectivity index (χ1n) is 30.5. The Morgan fingerprint density at radius 2 is 1.53 bits per heavy atom. The van der Waals surface area contributed by atoms with E-state index in [4.69, 9.17) is 26.5 Å². The molecule has 0 spiro atoms. The van der Waals surface area contributed by atoms with Crippen molar-refractivity contribution in [3.8, 4) is 5.75 Å². The SMILES string of the molecule is [B]=C(/C=C/CCC(C)C1OC1c1ccc(COC(=O)NCCNC(=O)[C@H](C)NC(=O)C(NC(=O)CCCC(=O)ON2C(=O)CCC2=O)C(C)C)cc1)N1[C@H](Cc2ccc(OC)c(CC)c2)C(=O)N[C@@H]1C(C)(C)C(=O)NC(CC(C)(C)C)C(O)=C1CCC1. The number of aliphatic hydroxyl groups excluding tert-OH is 1. The van der Waals surface area contributed by atoms with Crippen LogP contribution in [0.2, 0.25) is 0 Å². The summed E-state index contributed by atoms with van der Waals surface area (Å²) in [6.45, 7) is 19.0. The molecule has 87 heavy (non-hydrogen) atoms. The van der Waals surface area contributed by atoms with Gasteiger partial charge in [-0.05, 0) is 19.3 Å². The number of hydrogen-bond donors (Lipinski definition) is 7. The number of rotatable bonds is 31. The average molecular weight is 1210 g/mol. The van der Waals surface area contributed by atoms with Crippen LogP contribution in [0.3, 0.4) is 0 Å². The predicted octanol–water partition coefficient (Wildman–Crippen LogP) is 6.05. The molecule has 8 amide bonds. The first-order chi connectivity index (χ1) is 41.1. The molecule has 6 rings (SSSR count). The molecule has 23 heteroatoms. The molecule has 7 N–H and O–H groups in total. The molecule has 2 aromatic carbocycles. The van der Waals surface area contributed by atoms with Crippen LogP contribution in [-0.4, -0.2) is 138 Å². The Morgan fingerprint density at radius 1 is 0.862 bits per heavy atom. The summed E-state index contributed by atoms with van der Waals surface area (Å²) in [5.41, 5.74) is 3.61. The quantitative estimate of drug-likeness (QED) is 0.0149. The topological polar surface area (TPSA) is 293 Å². The summed E-state index contributed by atoms with van der Waals surface area (Å²) in [7, 11) is 8.61. The van der Waals surface area contributed by atoms with Crippen LogP contribution < -0.4 is 36.6 Å². The Labute approximate surface area is 512 Å². The van der Waals surface area contributed by atoms with Gasteiger partial charge in [-0.25, -0.2) is 9.59 Å². The van der Waals surface area contributed by atoms with Gasteiger partial charge in [-0.15, -0.1) is 5.06 Å². The zero-order chi connectivity index (χ0) is 63.9. The van der Waals surface area contributed by atoms with Crippen molar-refractivity contribution in [2.75, 3.05) is 20.2 Å². The van der Waals surface area contributed by atoms with E-state index in [9.17, 15) is 48.3 Å². The number of epoxide rings is 1. The van der Waals surface area contributed by atoms with E-state index < -0.39 is 77.3 Å². The minimum atomic E-state index is -1.19. The second-order valence-corrected chi connectivity index (χ2v) is 25.2. The third kappa shape index (κ3) is 19.2. The fourth-order valence-corrected chi connectivity index (χ4v) is 10.8. The van der Waals surface area contributed by atoms with Crippen molar-refractivity contribution in [1.82, 2.24) is 41.9 Å². The van der Waals surface area contributed by atoms with E-state index in [1.807, 2.05) is 66.4 Å². The van der Waals surface area contributed by atoms with Crippen molar-refractivity contribution in [2.45, 2.75) is 202 Å². The Kier molecular flexibility index (Phi) is 24.3. The van der Waals surface area contributed by atoms with Crippen molar-refractivity contribution in [3.05, 3.63) is 88.2 Å². The number of ether oxygens (including phenoxy) is 3. The first kappa shape index (κ1) is 68.6. The Morgan fingerprint density at radius 3 is 2.15 bits per heavy atom. The van der Waals surface area contributed by atoms with Crippen LogP contribution in [0, 0.1) is 22.7 Å². The molecule has 5 unspecified atom stereocenters.